The van der Waals surface area contributed by atoms with Gasteiger partial charge >= 0.3 is 0 Å². The third-order valence-electron chi connectivity index (χ3n) is 3.59. The van der Waals surface area contributed by atoms with Crippen LogP contribution < -0.4 is 0 Å². The summed E-state index contributed by atoms with van der Waals surface area (Å²) in [5.41, 5.74) is 0. The van der Waals surface area contributed by atoms with E-state index in [-0.39, 0.29) is 17.9 Å². The normalized spacial score (nSPS) is 23.2. The standard InChI is InChI=1S/C12H20N4O2/c1-16(7-9-3-2-4-10(9)17)12(18)6-5-11-13-8-14-15-11/h8-10,17H,2-7H2,1H3,(H,13,14,15). The Morgan fingerprint density at radius 3 is 3.06 bits per heavy atom. The van der Waals surface area contributed by atoms with Gasteiger partial charge < -0.3 is 10.0 Å². The Morgan fingerprint density at radius 1 is 1.61 bits per heavy atom. The maximum Gasteiger partial charge on any atom is 0.222 e. The van der Waals surface area contributed by atoms with Gasteiger partial charge in [0.15, 0.2) is 0 Å². The van der Waals surface area contributed by atoms with Crippen LogP contribution >= 0.6 is 0 Å². The summed E-state index contributed by atoms with van der Waals surface area (Å²) in [6.07, 6.45) is 5.15. The molecule has 100 valence electrons. The topological polar surface area (TPSA) is 82.1 Å². The van der Waals surface area contributed by atoms with Gasteiger partial charge in [-0.15, -0.1) is 0 Å². The second kappa shape index (κ2) is 5.95. The summed E-state index contributed by atoms with van der Waals surface area (Å²) in [6, 6.07) is 0. The molecule has 1 aromatic heterocycles. The fourth-order valence-electron chi connectivity index (χ4n) is 2.45. The fourth-order valence-corrected chi connectivity index (χ4v) is 2.45. The molecule has 2 atom stereocenters. The minimum absolute atomic E-state index is 0.0884. The maximum atomic E-state index is 11.9. The fraction of sp³-hybridized carbons (Fsp3) is 0.750. The lowest BCUT2D eigenvalue weighted by Gasteiger charge is -2.23. The van der Waals surface area contributed by atoms with Gasteiger partial charge in [0.1, 0.15) is 12.2 Å². The Hall–Kier alpha value is -1.43. The highest BCUT2D eigenvalue weighted by Crippen LogP contribution is 2.26. The van der Waals surface area contributed by atoms with E-state index >= 15 is 0 Å². The van der Waals surface area contributed by atoms with Gasteiger partial charge in [0.25, 0.3) is 0 Å². The van der Waals surface area contributed by atoms with Crippen LogP contribution in [0.5, 0.6) is 0 Å². The lowest BCUT2D eigenvalue weighted by Crippen LogP contribution is -2.34. The number of H-pyrrole nitrogens is 1. The van der Waals surface area contributed by atoms with Crippen molar-refractivity contribution < 1.29 is 9.90 Å². The van der Waals surface area contributed by atoms with Gasteiger partial charge in [-0.1, -0.05) is 6.42 Å². The third kappa shape index (κ3) is 3.29. The van der Waals surface area contributed by atoms with E-state index in [0.29, 0.717) is 19.4 Å². The molecule has 2 N–H and O–H groups in total. The predicted octanol–water partition coefficient (Wildman–Crippen LogP) is 0.357. The molecule has 0 aromatic carbocycles. The SMILES string of the molecule is CN(CC1CCCC1O)C(=O)CCc1ncn[nH]1. The molecule has 0 aliphatic heterocycles. The van der Waals surface area contributed by atoms with Crippen molar-refractivity contribution in [2.24, 2.45) is 5.92 Å². The number of nitrogens with zero attached hydrogens (tertiary/aromatic N) is 3. The number of hydrogen-bond donors (Lipinski definition) is 2. The summed E-state index contributed by atoms with van der Waals surface area (Å²) in [5, 5.41) is 16.2. The summed E-state index contributed by atoms with van der Waals surface area (Å²) in [6.45, 7) is 0.649. The number of aromatic nitrogens is 3. The molecule has 6 heteroatoms. The molecule has 0 bridgehead atoms. The minimum atomic E-state index is -0.241. The van der Waals surface area contributed by atoms with Crippen LogP contribution in [0, 0.1) is 5.92 Å². The van der Waals surface area contributed by atoms with Gasteiger partial charge in [0.05, 0.1) is 6.10 Å². The quantitative estimate of drug-likeness (QED) is 0.792. The summed E-state index contributed by atoms with van der Waals surface area (Å²) >= 11 is 0. The van der Waals surface area contributed by atoms with Crippen molar-refractivity contribution in [3.63, 3.8) is 0 Å². The number of carbonyl (C=O) groups is 1. The molecule has 0 radical (unpaired) electrons. The molecule has 1 heterocycles. The van der Waals surface area contributed by atoms with Gasteiger partial charge in [-0.2, -0.15) is 5.10 Å². The number of rotatable bonds is 5. The van der Waals surface area contributed by atoms with Gasteiger partial charge in [0.2, 0.25) is 5.91 Å². The van der Waals surface area contributed by atoms with Crippen molar-refractivity contribution in [3.8, 4) is 0 Å². The average Bonchev–Trinajstić information content (AvgIpc) is 2.99. The van der Waals surface area contributed by atoms with Crippen molar-refractivity contribution in [1.29, 1.82) is 0 Å². The van der Waals surface area contributed by atoms with E-state index in [1.54, 1.807) is 11.9 Å². The van der Waals surface area contributed by atoms with E-state index in [0.717, 1.165) is 25.1 Å². The number of carbonyl (C=O) groups excluding carboxylic acids is 1. The van der Waals surface area contributed by atoms with Crippen molar-refractivity contribution in [3.05, 3.63) is 12.2 Å². The molecule has 2 unspecified atom stereocenters. The van der Waals surface area contributed by atoms with Gasteiger partial charge in [0, 0.05) is 32.4 Å². The Morgan fingerprint density at radius 2 is 2.44 bits per heavy atom. The molecule has 1 saturated carbocycles. The molecule has 6 nitrogen and oxygen atoms in total. The highest BCUT2D eigenvalue weighted by Gasteiger charge is 2.27. The Kier molecular flexibility index (Phi) is 4.30. The van der Waals surface area contributed by atoms with Crippen LogP contribution in [-0.4, -0.2) is 50.8 Å². The third-order valence-corrected chi connectivity index (χ3v) is 3.59. The van der Waals surface area contributed by atoms with E-state index in [1.165, 1.54) is 6.33 Å². The lowest BCUT2D eigenvalue weighted by atomic mass is 10.1. The van der Waals surface area contributed by atoms with Gasteiger partial charge in [-0.3, -0.25) is 9.89 Å². The minimum Gasteiger partial charge on any atom is -0.393 e. The number of hydrogen-bond acceptors (Lipinski definition) is 4. The molecular weight excluding hydrogens is 232 g/mol. The average molecular weight is 252 g/mol. The second-order valence-corrected chi connectivity index (χ2v) is 4.96. The van der Waals surface area contributed by atoms with E-state index < -0.39 is 0 Å². The zero-order valence-electron chi connectivity index (χ0n) is 10.7. The molecule has 2 rings (SSSR count). The monoisotopic (exact) mass is 252 g/mol. The van der Waals surface area contributed by atoms with E-state index in [4.69, 9.17) is 0 Å². The van der Waals surface area contributed by atoms with Crippen LogP contribution in [0.1, 0.15) is 31.5 Å². The number of aromatic amines is 1. The van der Waals surface area contributed by atoms with E-state index in [2.05, 4.69) is 15.2 Å². The predicted molar refractivity (Wildman–Crippen MR) is 65.7 cm³/mol. The second-order valence-electron chi connectivity index (χ2n) is 4.96. The molecule has 1 fully saturated rings. The van der Waals surface area contributed by atoms with E-state index in [1.807, 2.05) is 0 Å². The van der Waals surface area contributed by atoms with Crippen LogP contribution in [0.15, 0.2) is 6.33 Å². The first kappa shape index (κ1) is 13.0. The summed E-state index contributed by atoms with van der Waals surface area (Å²) in [5.74, 6) is 1.06. The molecule has 1 aromatic rings. The number of aliphatic hydroxyl groups excluding tert-OH is 1. The van der Waals surface area contributed by atoms with Crippen molar-refractivity contribution in [1.82, 2.24) is 20.1 Å². The van der Waals surface area contributed by atoms with Crippen molar-refractivity contribution in [2.75, 3.05) is 13.6 Å². The Bertz CT molecular complexity index is 379. The van der Waals surface area contributed by atoms with Crippen LogP contribution in [0.3, 0.4) is 0 Å². The van der Waals surface area contributed by atoms with Crippen molar-refractivity contribution >= 4 is 5.91 Å². The van der Waals surface area contributed by atoms with Crippen LogP contribution in [0.2, 0.25) is 0 Å². The summed E-state index contributed by atoms with van der Waals surface area (Å²) in [7, 11) is 1.80. The molecule has 0 saturated heterocycles. The number of aliphatic hydroxyl groups is 1. The van der Waals surface area contributed by atoms with Crippen LogP contribution in [-0.2, 0) is 11.2 Å². The molecule has 1 amide bonds. The van der Waals surface area contributed by atoms with Crippen LogP contribution in [0.25, 0.3) is 0 Å². The van der Waals surface area contributed by atoms with Gasteiger partial charge in [-0.05, 0) is 12.8 Å². The maximum absolute atomic E-state index is 11.9. The number of nitrogens with one attached hydrogen (secondary N) is 1. The van der Waals surface area contributed by atoms with Gasteiger partial charge in [-0.25, -0.2) is 4.98 Å². The first-order valence-electron chi connectivity index (χ1n) is 6.43. The zero-order valence-corrected chi connectivity index (χ0v) is 10.7. The lowest BCUT2D eigenvalue weighted by molar-refractivity contribution is -0.130. The smallest absolute Gasteiger partial charge is 0.222 e. The molecule has 0 spiro atoms. The van der Waals surface area contributed by atoms with Crippen molar-refractivity contribution in [2.45, 2.75) is 38.2 Å². The van der Waals surface area contributed by atoms with Crippen LogP contribution in [0.4, 0.5) is 0 Å². The first-order valence-corrected chi connectivity index (χ1v) is 6.43. The molecule has 1 aliphatic rings. The molecule has 1 aliphatic carbocycles. The van der Waals surface area contributed by atoms with E-state index in [9.17, 15) is 9.90 Å². The molecule has 18 heavy (non-hydrogen) atoms. The Labute approximate surface area is 106 Å². The zero-order chi connectivity index (χ0) is 13.0. The largest absolute Gasteiger partial charge is 0.393 e. The number of amides is 1. The molecular formula is C12H20N4O2. The highest BCUT2D eigenvalue weighted by molar-refractivity contribution is 5.76. The summed E-state index contributed by atoms with van der Waals surface area (Å²) < 4.78 is 0. The summed E-state index contributed by atoms with van der Waals surface area (Å²) in [4.78, 5) is 17.6. The first-order chi connectivity index (χ1) is 8.66. The number of aryl methyl sites for hydroxylation is 1. The highest BCUT2D eigenvalue weighted by atomic mass is 16.3. The Balaban J connectivity index is 1.74.